The van der Waals surface area contributed by atoms with Crippen molar-refractivity contribution < 1.29 is 59.5 Å². The van der Waals surface area contributed by atoms with Gasteiger partial charge in [0, 0.05) is 0 Å². The van der Waals surface area contributed by atoms with Crippen LogP contribution in [0.3, 0.4) is 0 Å². The van der Waals surface area contributed by atoms with Gasteiger partial charge in [0.15, 0.2) is 0 Å². The minimum atomic E-state index is -1.78. The Labute approximate surface area is 220 Å². The molecule has 3 aromatic rings. The first-order chi connectivity index (χ1) is 18.6. The molecule has 2 saturated heterocycles. The van der Waals surface area contributed by atoms with Gasteiger partial charge >= 0.3 is 0 Å². The second-order valence-corrected chi connectivity index (χ2v) is 9.50. The Morgan fingerprint density at radius 2 is 1.59 bits per heavy atom. The van der Waals surface area contributed by atoms with Crippen LogP contribution in [0.1, 0.15) is 11.7 Å². The maximum atomic E-state index is 13.5. The van der Waals surface area contributed by atoms with E-state index in [9.17, 15) is 45.6 Å². The maximum Gasteiger partial charge on any atom is 0.228 e. The van der Waals surface area contributed by atoms with Gasteiger partial charge in [-0.1, -0.05) is 12.1 Å². The van der Waals surface area contributed by atoms with Crippen LogP contribution in [-0.4, -0.2) is 103 Å². The molecule has 0 radical (unpaired) electrons. The third-order valence-corrected chi connectivity index (χ3v) is 6.99. The Morgan fingerprint density at radius 1 is 0.872 bits per heavy atom. The standard InChI is InChI=1S/C26H28O13/c27-7-16-20(32)21(33)22(34)25(38-16)17-15(39-26-23(35)19(31)14(29)9-37-26)6-5-12-18(30)13(8-36-24(12)17)10-1-3-11(28)4-2-10/h1-6,8,14,16,19-23,25-29,31-35H,7,9H2/t14-,16+,19+,20-,21+,22+,23-,25+,26-/m1/s1. The lowest BCUT2D eigenvalue weighted by Gasteiger charge is -2.41. The highest BCUT2D eigenvalue weighted by molar-refractivity contribution is 5.86. The Morgan fingerprint density at radius 3 is 2.28 bits per heavy atom. The van der Waals surface area contributed by atoms with Gasteiger partial charge in [-0.05, 0) is 29.8 Å². The van der Waals surface area contributed by atoms with Gasteiger partial charge in [-0.15, -0.1) is 0 Å². The summed E-state index contributed by atoms with van der Waals surface area (Å²) in [4.78, 5) is 13.5. The number of aliphatic hydroxyl groups excluding tert-OH is 7. The van der Waals surface area contributed by atoms with Crippen LogP contribution in [0.5, 0.6) is 11.5 Å². The molecule has 0 saturated carbocycles. The number of phenols is 1. The molecule has 5 rings (SSSR count). The predicted octanol–water partition coefficient (Wildman–Crippen LogP) is -1.50. The van der Waals surface area contributed by atoms with Crippen molar-refractivity contribution in [3.63, 3.8) is 0 Å². The lowest BCUT2D eigenvalue weighted by molar-refractivity contribution is -0.244. The van der Waals surface area contributed by atoms with Gasteiger partial charge in [-0.3, -0.25) is 4.79 Å². The van der Waals surface area contributed by atoms with Gasteiger partial charge in [0.05, 0.1) is 29.7 Å². The molecule has 39 heavy (non-hydrogen) atoms. The van der Waals surface area contributed by atoms with E-state index >= 15 is 0 Å². The fourth-order valence-corrected chi connectivity index (χ4v) is 4.76. The summed E-state index contributed by atoms with van der Waals surface area (Å²) in [6.45, 7) is -1.08. The number of phenolic OH excluding ortho intramolecular Hbond substituents is 1. The summed E-state index contributed by atoms with van der Waals surface area (Å²) in [6.07, 6.45) is -13.0. The van der Waals surface area contributed by atoms with Gasteiger partial charge < -0.3 is 59.5 Å². The maximum absolute atomic E-state index is 13.5. The molecule has 0 amide bonds. The molecule has 2 aliphatic heterocycles. The minimum absolute atomic E-state index is 0.000350. The van der Waals surface area contributed by atoms with Gasteiger partial charge in [0.25, 0.3) is 0 Å². The number of ether oxygens (including phenoxy) is 3. The number of aromatic hydroxyl groups is 1. The molecule has 210 valence electrons. The zero-order valence-corrected chi connectivity index (χ0v) is 20.3. The van der Waals surface area contributed by atoms with Crippen LogP contribution in [0.15, 0.2) is 51.9 Å². The van der Waals surface area contributed by atoms with Crippen LogP contribution in [0.25, 0.3) is 22.1 Å². The SMILES string of the molecule is O=c1c(-c2ccc(O)cc2)coc2c([C@@H]3O[C@@H](CO)[C@@H](O)[C@H](O)[C@@H]3O)c(O[C@H]3OC[C@@H](O)[C@H](O)[C@H]3O)ccc12. The highest BCUT2D eigenvalue weighted by Gasteiger charge is 2.47. The monoisotopic (exact) mass is 548 g/mol. The topological polar surface area (TPSA) is 220 Å². The van der Waals surface area contributed by atoms with Crippen molar-refractivity contribution in [2.45, 2.75) is 55.1 Å². The molecule has 0 aliphatic carbocycles. The summed E-state index contributed by atoms with van der Waals surface area (Å²) >= 11 is 0. The van der Waals surface area contributed by atoms with Crippen LogP contribution >= 0.6 is 0 Å². The van der Waals surface area contributed by atoms with Crippen molar-refractivity contribution in [3.05, 3.63) is 58.4 Å². The van der Waals surface area contributed by atoms with Crippen molar-refractivity contribution in [1.29, 1.82) is 0 Å². The molecule has 13 nitrogen and oxygen atoms in total. The molecule has 13 heteroatoms. The first kappa shape index (κ1) is 27.5. The van der Waals surface area contributed by atoms with Crippen LogP contribution < -0.4 is 10.2 Å². The van der Waals surface area contributed by atoms with Crippen LogP contribution in [0.4, 0.5) is 0 Å². The zero-order chi connectivity index (χ0) is 28.0. The largest absolute Gasteiger partial charge is 0.508 e. The lowest BCUT2D eigenvalue weighted by atomic mass is 9.89. The van der Waals surface area contributed by atoms with E-state index in [-0.39, 0.29) is 40.2 Å². The number of benzene rings is 2. The number of aliphatic hydroxyl groups is 7. The fraction of sp³-hybridized carbons (Fsp3) is 0.423. The average Bonchev–Trinajstić information content (AvgIpc) is 2.93. The Kier molecular flexibility index (Phi) is 7.61. The Hall–Kier alpha value is -3.11. The highest BCUT2D eigenvalue weighted by Crippen LogP contribution is 2.42. The lowest BCUT2D eigenvalue weighted by Crippen LogP contribution is -2.56. The summed E-state index contributed by atoms with van der Waals surface area (Å²) in [5.41, 5.74) is -0.124. The van der Waals surface area contributed by atoms with Crippen LogP contribution in [0, 0.1) is 0 Å². The third kappa shape index (κ3) is 4.89. The summed E-state index contributed by atoms with van der Waals surface area (Å²) in [5, 5.41) is 81.0. The number of fused-ring (bicyclic) bond motifs is 1. The van der Waals surface area contributed by atoms with E-state index in [0.717, 1.165) is 6.26 Å². The molecule has 2 aromatic carbocycles. The molecule has 2 aliphatic rings. The molecule has 0 bridgehead atoms. The van der Waals surface area contributed by atoms with E-state index in [1.54, 1.807) is 0 Å². The number of hydrogen-bond acceptors (Lipinski definition) is 13. The van der Waals surface area contributed by atoms with E-state index < -0.39 is 67.2 Å². The molecule has 0 unspecified atom stereocenters. The van der Waals surface area contributed by atoms with E-state index in [4.69, 9.17) is 18.6 Å². The molecular formula is C26H28O13. The molecule has 8 N–H and O–H groups in total. The zero-order valence-electron chi connectivity index (χ0n) is 20.3. The first-order valence-electron chi connectivity index (χ1n) is 12.1. The molecule has 2 fully saturated rings. The van der Waals surface area contributed by atoms with Crippen molar-refractivity contribution in [1.82, 2.24) is 0 Å². The molecule has 0 spiro atoms. The van der Waals surface area contributed by atoms with Gasteiger partial charge in [-0.25, -0.2) is 0 Å². The normalized spacial score (nSPS) is 33.3. The second-order valence-electron chi connectivity index (χ2n) is 9.50. The van der Waals surface area contributed by atoms with Gasteiger partial charge in [-0.2, -0.15) is 0 Å². The van der Waals surface area contributed by atoms with Crippen molar-refractivity contribution in [2.75, 3.05) is 13.2 Å². The Bertz CT molecular complexity index is 1370. The minimum Gasteiger partial charge on any atom is -0.508 e. The molecule has 9 atom stereocenters. The second kappa shape index (κ2) is 10.8. The highest BCUT2D eigenvalue weighted by atomic mass is 16.7. The van der Waals surface area contributed by atoms with Crippen molar-refractivity contribution in [2.24, 2.45) is 0 Å². The third-order valence-electron chi connectivity index (χ3n) is 6.99. The molecular weight excluding hydrogens is 520 g/mol. The van der Waals surface area contributed by atoms with Gasteiger partial charge in [0.1, 0.15) is 72.2 Å². The molecule has 1 aromatic heterocycles. The predicted molar refractivity (Wildman–Crippen MR) is 131 cm³/mol. The first-order valence-corrected chi connectivity index (χ1v) is 12.1. The quantitative estimate of drug-likeness (QED) is 0.182. The summed E-state index contributed by atoms with van der Waals surface area (Å²) in [7, 11) is 0. The van der Waals surface area contributed by atoms with Crippen molar-refractivity contribution >= 4 is 11.0 Å². The van der Waals surface area contributed by atoms with E-state index in [2.05, 4.69) is 0 Å². The summed E-state index contributed by atoms with van der Waals surface area (Å²) in [6, 6.07) is 8.50. The van der Waals surface area contributed by atoms with Crippen LogP contribution in [0.2, 0.25) is 0 Å². The fourth-order valence-electron chi connectivity index (χ4n) is 4.76. The number of rotatable bonds is 5. The van der Waals surface area contributed by atoms with E-state index in [1.807, 2.05) is 0 Å². The van der Waals surface area contributed by atoms with Crippen molar-refractivity contribution in [3.8, 4) is 22.6 Å². The average molecular weight is 548 g/mol. The molecule has 3 heterocycles. The van der Waals surface area contributed by atoms with Crippen LogP contribution in [-0.2, 0) is 9.47 Å². The summed E-state index contributed by atoms with van der Waals surface area (Å²) < 4.78 is 22.7. The smallest absolute Gasteiger partial charge is 0.228 e. The summed E-state index contributed by atoms with van der Waals surface area (Å²) in [5.74, 6) is -0.139. The Balaban J connectivity index is 1.65. The van der Waals surface area contributed by atoms with E-state index in [0.29, 0.717) is 5.56 Å². The van der Waals surface area contributed by atoms with E-state index in [1.165, 1.54) is 36.4 Å². The van der Waals surface area contributed by atoms with Gasteiger partial charge in [0.2, 0.25) is 11.7 Å². The number of hydrogen-bond donors (Lipinski definition) is 8.